The van der Waals surface area contributed by atoms with Gasteiger partial charge < -0.3 is 10.1 Å². The zero-order valence-corrected chi connectivity index (χ0v) is 18.9. The largest absolute Gasteiger partial charge is 0.501 e. The van der Waals surface area contributed by atoms with Crippen LogP contribution in [0.25, 0.3) is 0 Å². The number of hydrogen-bond donors (Lipinski definition) is 1. The standard InChI is InChI=1S/C25H27N3O4/c1-5-6-11-27-24(30)23-22(18-9-7-8-10-19(18)32-23)28(25(27)31)14-20(29)26-21-16(3)12-15(2)13-17(21)4/h7-10,12-13,23H,5-6,11,14H2,1-4H3/p+1. The summed E-state index contributed by atoms with van der Waals surface area (Å²) < 4.78 is 7.30. The number of anilines is 1. The van der Waals surface area contributed by atoms with Gasteiger partial charge in [-0.1, -0.05) is 43.2 Å². The lowest BCUT2D eigenvalue weighted by Crippen LogP contribution is -2.58. The average Bonchev–Trinajstić information content (AvgIpc) is 3.13. The van der Waals surface area contributed by atoms with Crippen LogP contribution in [0.1, 0.15) is 42.0 Å². The summed E-state index contributed by atoms with van der Waals surface area (Å²) in [7, 11) is 0. The van der Waals surface area contributed by atoms with E-state index in [9.17, 15) is 14.4 Å². The van der Waals surface area contributed by atoms with Gasteiger partial charge in [-0.3, -0.25) is 4.79 Å². The number of unbranched alkanes of at least 4 members (excludes halogenated alkanes) is 1. The Morgan fingerprint density at radius 1 is 1.12 bits per heavy atom. The number of fused-ring (bicyclic) bond motifs is 3. The van der Waals surface area contributed by atoms with Crippen LogP contribution in [-0.2, 0) is 9.59 Å². The Morgan fingerprint density at radius 3 is 2.50 bits per heavy atom. The number of nitrogens with zero attached hydrogens (tertiary/aromatic N) is 2. The number of ether oxygens (including phenoxy) is 1. The molecule has 0 saturated heterocycles. The van der Waals surface area contributed by atoms with E-state index in [1.54, 1.807) is 6.07 Å². The van der Waals surface area contributed by atoms with Gasteiger partial charge in [0.15, 0.2) is 12.3 Å². The highest BCUT2D eigenvalue weighted by molar-refractivity contribution is 6.22. The quantitative estimate of drug-likeness (QED) is 0.705. The summed E-state index contributed by atoms with van der Waals surface area (Å²) in [5, 5.41) is 2.96. The third-order valence-corrected chi connectivity index (χ3v) is 5.88. The highest BCUT2D eigenvalue weighted by Crippen LogP contribution is 2.32. The molecule has 0 aromatic heterocycles. The molecule has 2 heterocycles. The molecule has 32 heavy (non-hydrogen) atoms. The number of hydrogen-bond acceptors (Lipinski definition) is 4. The van der Waals surface area contributed by atoms with Crippen LogP contribution >= 0.6 is 0 Å². The molecule has 0 fully saturated rings. The van der Waals surface area contributed by atoms with E-state index in [2.05, 4.69) is 5.32 Å². The molecule has 2 aromatic rings. The number of nitrogens with one attached hydrogen (secondary N) is 1. The van der Waals surface area contributed by atoms with Gasteiger partial charge in [-0.2, -0.15) is 14.3 Å². The van der Waals surface area contributed by atoms with Gasteiger partial charge in [0, 0.05) is 5.69 Å². The summed E-state index contributed by atoms with van der Waals surface area (Å²) in [6, 6.07) is 10.8. The molecular formula is C25H28N3O4+. The molecule has 0 spiro atoms. The lowest BCUT2D eigenvalue weighted by Gasteiger charge is -2.24. The normalized spacial score (nSPS) is 17.2. The van der Waals surface area contributed by atoms with Gasteiger partial charge in [0.25, 0.3) is 12.0 Å². The Labute approximate surface area is 187 Å². The van der Waals surface area contributed by atoms with E-state index >= 15 is 0 Å². The predicted molar refractivity (Wildman–Crippen MR) is 121 cm³/mol. The molecule has 1 N–H and O–H groups in total. The Balaban J connectivity index is 1.71. The van der Waals surface area contributed by atoms with Gasteiger partial charge in [-0.05, 0) is 50.5 Å². The van der Waals surface area contributed by atoms with Crippen LogP contribution in [0, 0.1) is 20.8 Å². The summed E-state index contributed by atoms with van der Waals surface area (Å²) >= 11 is 0. The molecule has 2 aliphatic heterocycles. The molecule has 2 aromatic carbocycles. The molecule has 7 heteroatoms. The molecule has 4 rings (SSSR count). The first-order chi connectivity index (χ1) is 15.3. The second kappa shape index (κ2) is 8.57. The fraction of sp³-hybridized carbons (Fsp3) is 0.360. The van der Waals surface area contributed by atoms with Crippen molar-refractivity contribution in [3.8, 4) is 5.75 Å². The zero-order chi connectivity index (χ0) is 23.0. The number of imide groups is 1. The smallest absolute Gasteiger partial charge is 0.469 e. The van der Waals surface area contributed by atoms with E-state index in [1.807, 2.05) is 58.0 Å². The number of carbonyl (C=O) groups excluding carboxylic acids is 3. The highest BCUT2D eigenvalue weighted by Gasteiger charge is 2.53. The number of benzene rings is 2. The molecule has 0 aliphatic carbocycles. The SMILES string of the molecule is CCCCN1C(=O)C2Oc3ccccc3C2=[N+](CC(=O)Nc2c(C)cc(C)cc2C)C1=O. The number of rotatable bonds is 6. The van der Waals surface area contributed by atoms with Crippen molar-refractivity contribution < 1.29 is 23.7 Å². The van der Waals surface area contributed by atoms with Crippen LogP contribution in [0.4, 0.5) is 10.5 Å². The number of urea groups is 1. The highest BCUT2D eigenvalue weighted by atomic mass is 16.5. The molecule has 4 amide bonds. The van der Waals surface area contributed by atoms with Gasteiger partial charge in [0.1, 0.15) is 5.75 Å². The van der Waals surface area contributed by atoms with Crippen molar-refractivity contribution in [2.24, 2.45) is 0 Å². The molecule has 7 nitrogen and oxygen atoms in total. The van der Waals surface area contributed by atoms with E-state index < -0.39 is 12.1 Å². The number of carbonyl (C=O) groups is 3. The van der Waals surface area contributed by atoms with Crippen LogP contribution in [-0.4, -0.2) is 52.2 Å². The molecule has 166 valence electrons. The van der Waals surface area contributed by atoms with Crippen LogP contribution in [0.3, 0.4) is 0 Å². The molecule has 1 unspecified atom stereocenters. The summed E-state index contributed by atoms with van der Waals surface area (Å²) in [6.07, 6.45) is 0.609. The molecule has 2 aliphatic rings. The molecule has 0 radical (unpaired) electrons. The van der Waals surface area contributed by atoms with Crippen molar-refractivity contribution in [1.82, 2.24) is 4.90 Å². The second-order valence-electron chi connectivity index (χ2n) is 8.41. The van der Waals surface area contributed by atoms with Crippen molar-refractivity contribution in [3.05, 3.63) is 58.7 Å². The van der Waals surface area contributed by atoms with Gasteiger partial charge in [0.2, 0.25) is 0 Å². The molecule has 0 saturated carbocycles. The first-order valence-corrected chi connectivity index (χ1v) is 10.9. The first-order valence-electron chi connectivity index (χ1n) is 10.9. The van der Waals surface area contributed by atoms with Crippen LogP contribution in [0.5, 0.6) is 5.75 Å². The lowest BCUT2D eigenvalue weighted by atomic mass is 10.0. The van der Waals surface area contributed by atoms with Gasteiger partial charge in [-0.15, -0.1) is 0 Å². The molecule has 0 bridgehead atoms. The van der Waals surface area contributed by atoms with Crippen LogP contribution < -0.4 is 10.1 Å². The van der Waals surface area contributed by atoms with Crippen molar-refractivity contribution in [2.75, 3.05) is 18.4 Å². The Kier molecular flexibility index (Phi) is 5.82. The Morgan fingerprint density at radius 2 is 1.81 bits per heavy atom. The minimum atomic E-state index is -0.919. The van der Waals surface area contributed by atoms with Gasteiger partial charge in [-0.25, -0.2) is 4.79 Å². The maximum Gasteiger partial charge on any atom is 0.501 e. The Hall–Kier alpha value is -3.48. The maximum absolute atomic E-state index is 13.3. The summed E-state index contributed by atoms with van der Waals surface area (Å²) in [5.41, 5.74) is 4.89. The third kappa shape index (κ3) is 3.79. The average molecular weight is 435 g/mol. The van der Waals surface area contributed by atoms with E-state index in [4.69, 9.17) is 4.74 Å². The van der Waals surface area contributed by atoms with Crippen LogP contribution in [0.15, 0.2) is 36.4 Å². The first kappa shape index (κ1) is 21.7. The van der Waals surface area contributed by atoms with Crippen LogP contribution in [0.2, 0.25) is 0 Å². The van der Waals surface area contributed by atoms with Crippen molar-refractivity contribution in [3.63, 3.8) is 0 Å². The fourth-order valence-corrected chi connectivity index (χ4v) is 4.42. The summed E-state index contributed by atoms with van der Waals surface area (Å²) in [5.74, 6) is -0.160. The summed E-state index contributed by atoms with van der Waals surface area (Å²) in [4.78, 5) is 40.7. The zero-order valence-electron chi connectivity index (χ0n) is 18.9. The number of amides is 4. The lowest BCUT2D eigenvalue weighted by molar-refractivity contribution is -0.428. The van der Waals surface area contributed by atoms with E-state index in [1.165, 1.54) is 9.48 Å². The van der Waals surface area contributed by atoms with E-state index in [0.717, 1.165) is 28.8 Å². The summed E-state index contributed by atoms with van der Waals surface area (Å²) in [6.45, 7) is 7.98. The molecular weight excluding hydrogens is 406 g/mol. The predicted octanol–water partition coefficient (Wildman–Crippen LogP) is 3.58. The second-order valence-corrected chi connectivity index (χ2v) is 8.41. The Bertz CT molecular complexity index is 1130. The number of aryl methyl sites for hydroxylation is 3. The van der Waals surface area contributed by atoms with Crippen molar-refractivity contribution in [1.29, 1.82) is 0 Å². The van der Waals surface area contributed by atoms with Crippen molar-refractivity contribution >= 4 is 29.2 Å². The third-order valence-electron chi connectivity index (χ3n) is 5.88. The minimum absolute atomic E-state index is 0.203. The monoisotopic (exact) mass is 434 g/mol. The van der Waals surface area contributed by atoms with Gasteiger partial charge in [0.05, 0.1) is 12.1 Å². The van der Waals surface area contributed by atoms with E-state index in [0.29, 0.717) is 30.0 Å². The molecule has 1 atom stereocenters. The maximum atomic E-state index is 13.3. The topological polar surface area (TPSA) is 78.7 Å². The van der Waals surface area contributed by atoms with Gasteiger partial charge >= 0.3 is 11.9 Å². The fourth-order valence-electron chi connectivity index (χ4n) is 4.42. The minimum Gasteiger partial charge on any atom is -0.469 e. The number of para-hydroxylation sites is 1. The van der Waals surface area contributed by atoms with Crippen molar-refractivity contribution in [2.45, 2.75) is 46.6 Å². The van der Waals surface area contributed by atoms with E-state index in [-0.39, 0.29) is 18.4 Å².